The van der Waals surface area contributed by atoms with Crippen LogP contribution in [-0.2, 0) is 21.2 Å². The van der Waals surface area contributed by atoms with Crippen molar-refractivity contribution < 1.29 is 23.0 Å². The molecule has 2 N–H and O–H groups in total. The van der Waals surface area contributed by atoms with E-state index in [9.17, 15) is 18.3 Å². The van der Waals surface area contributed by atoms with Crippen LogP contribution in [0.1, 0.15) is 45.1 Å². The molecular weight excluding hydrogens is 486 g/mol. The Balaban J connectivity index is 2.12. The monoisotopic (exact) mass is 521 g/mol. The molecule has 36 heavy (non-hydrogen) atoms. The number of aliphatic hydroxyl groups is 1. The molecule has 0 unspecified atom stereocenters. The number of aromatic nitrogens is 4. The zero-order valence-corrected chi connectivity index (χ0v) is 22.1. The van der Waals surface area contributed by atoms with Gasteiger partial charge in [0.25, 0.3) is 0 Å². The highest BCUT2D eigenvalue weighted by Crippen LogP contribution is 2.31. The maximum Gasteiger partial charge on any atom is 0.334 e. The number of hydrogen-bond acceptors (Lipinski definition) is 8. The minimum Gasteiger partial charge on any atom is -0.493 e. The van der Waals surface area contributed by atoms with E-state index in [-0.39, 0.29) is 30.4 Å². The van der Waals surface area contributed by atoms with E-state index in [1.54, 1.807) is 13.0 Å². The summed E-state index contributed by atoms with van der Waals surface area (Å²) in [6, 6.07) is 4.46. The number of nitrogens with zero attached hydrogens (tertiary/aromatic N) is 4. The van der Waals surface area contributed by atoms with Crippen molar-refractivity contribution in [3.63, 3.8) is 0 Å². The zero-order chi connectivity index (χ0) is 26.3. The number of ether oxygens (including phenoxy) is 2. The second-order valence-electron chi connectivity index (χ2n) is 8.17. The van der Waals surface area contributed by atoms with Gasteiger partial charge in [0, 0.05) is 26.3 Å². The summed E-state index contributed by atoms with van der Waals surface area (Å²) in [5.41, 5.74) is 1.06. The summed E-state index contributed by atoms with van der Waals surface area (Å²) >= 11 is 0. The van der Waals surface area contributed by atoms with Crippen molar-refractivity contribution in [3.05, 3.63) is 40.2 Å². The van der Waals surface area contributed by atoms with E-state index in [0.717, 1.165) is 6.42 Å². The number of sulfonamides is 1. The van der Waals surface area contributed by atoms with Gasteiger partial charge in [0.2, 0.25) is 10.0 Å². The predicted molar refractivity (Wildman–Crippen MR) is 136 cm³/mol. The number of H-pyrrole nitrogens is 1. The van der Waals surface area contributed by atoms with E-state index in [1.165, 1.54) is 20.8 Å². The second kappa shape index (κ2) is 12.4. The van der Waals surface area contributed by atoms with E-state index >= 15 is 0 Å². The molecule has 0 spiro atoms. The quantitative estimate of drug-likeness (QED) is 0.308. The topological polar surface area (TPSA) is 139 Å². The Morgan fingerprint density at radius 3 is 2.58 bits per heavy atom. The lowest BCUT2D eigenvalue weighted by molar-refractivity contribution is 0.138. The van der Waals surface area contributed by atoms with Gasteiger partial charge in [-0.2, -0.15) is 4.31 Å². The van der Waals surface area contributed by atoms with E-state index in [1.807, 2.05) is 20.8 Å². The average Bonchev–Trinajstić information content (AvgIpc) is 3.17. The molecule has 1 aromatic carbocycles. The minimum absolute atomic E-state index is 0.00630. The number of imidazole rings is 1. The fraction of sp³-hybridized carbons (Fsp3) is 0.542. The highest BCUT2D eigenvalue weighted by Gasteiger charge is 2.26. The van der Waals surface area contributed by atoms with E-state index in [4.69, 9.17) is 9.47 Å². The highest BCUT2D eigenvalue weighted by molar-refractivity contribution is 7.89. The number of nitrogens with one attached hydrogen (secondary N) is 1. The van der Waals surface area contributed by atoms with Crippen molar-refractivity contribution in [1.29, 1.82) is 0 Å². The molecule has 0 amide bonds. The third-order valence-electron chi connectivity index (χ3n) is 5.62. The van der Waals surface area contributed by atoms with Crippen LogP contribution in [0, 0.1) is 6.92 Å². The summed E-state index contributed by atoms with van der Waals surface area (Å²) in [5, 5.41) is 9.48. The molecule has 0 aliphatic heterocycles. The Kier molecular flexibility index (Phi) is 9.60. The average molecular weight is 522 g/mol. The van der Waals surface area contributed by atoms with Crippen LogP contribution >= 0.6 is 0 Å². The van der Waals surface area contributed by atoms with E-state index in [2.05, 4.69) is 15.0 Å². The molecule has 0 saturated carbocycles. The van der Waals surface area contributed by atoms with Crippen LogP contribution in [0.3, 0.4) is 0 Å². The van der Waals surface area contributed by atoms with Crippen molar-refractivity contribution in [3.8, 4) is 17.1 Å². The smallest absolute Gasteiger partial charge is 0.334 e. The molecule has 12 heteroatoms. The molecule has 198 valence electrons. The van der Waals surface area contributed by atoms with Crippen LogP contribution in [0.25, 0.3) is 17.0 Å². The molecule has 0 aliphatic carbocycles. The van der Waals surface area contributed by atoms with Crippen LogP contribution in [0.5, 0.6) is 5.75 Å². The number of aliphatic hydroxyl groups excluding tert-OH is 1. The number of rotatable bonds is 14. The lowest BCUT2D eigenvalue weighted by Crippen LogP contribution is -2.35. The maximum absolute atomic E-state index is 13.5. The normalized spacial score (nSPS) is 12.1. The number of benzene rings is 1. The molecule has 0 radical (unpaired) electrons. The molecule has 11 nitrogen and oxygen atoms in total. The molecule has 0 bridgehead atoms. The number of aryl methyl sites for hydroxylation is 2. The first-order valence-corrected chi connectivity index (χ1v) is 13.7. The molecule has 0 fully saturated rings. The zero-order valence-electron chi connectivity index (χ0n) is 21.3. The Bertz CT molecular complexity index is 1330. The maximum atomic E-state index is 13.5. The van der Waals surface area contributed by atoms with Gasteiger partial charge < -0.3 is 14.6 Å². The van der Waals surface area contributed by atoms with E-state index in [0.29, 0.717) is 61.1 Å². The molecule has 2 heterocycles. The fourth-order valence-corrected chi connectivity index (χ4v) is 5.49. The molecule has 0 atom stereocenters. The van der Waals surface area contributed by atoms with Crippen molar-refractivity contribution in [2.24, 2.45) is 0 Å². The van der Waals surface area contributed by atoms with Crippen LogP contribution in [0.4, 0.5) is 0 Å². The Labute approximate surface area is 211 Å². The lowest BCUT2D eigenvalue weighted by atomic mass is 10.2. The van der Waals surface area contributed by atoms with Crippen molar-refractivity contribution in [1.82, 2.24) is 23.7 Å². The van der Waals surface area contributed by atoms with Gasteiger partial charge in [-0.3, -0.25) is 4.98 Å². The third-order valence-corrected chi connectivity index (χ3v) is 7.51. The first kappa shape index (κ1) is 27.8. The van der Waals surface area contributed by atoms with Crippen LogP contribution < -0.4 is 10.4 Å². The van der Waals surface area contributed by atoms with E-state index < -0.39 is 15.7 Å². The molecule has 3 aromatic rings. The van der Waals surface area contributed by atoms with Crippen LogP contribution in [0.15, 0.2) is 27.9 Å². The predicted octanol–water partition coefficient (Wildman–Crippen LogP) is 2.15. The van der Waals surface area contributed by atoms with Gasteiger partial charge >= 0.3 is 5.69 Å². The molecule has 2 aromatic heterocycles. The summed E-state index contributed by atoms with van der Waals surface area (Å²) in [6.45, 7) is 8.57. The minimum atomic E-state index is -3.95. The molecule has 3 rings (SSSR count). The molecule has 0 aliphatic rings. The summed E-state index contributed by atoms with van der Waals surface area (Å²) in [6.07, 6.45) is 1.97. The van der Waals surface area contributed by atoms with Gasteiger partial charge in [-0.25, -0.2) is 27.6 Å². The summed E-state index contributed by atoms with van der Waals surface area (Å²) in [7, 11) is -3.95. The highest BCUT2D eigenvalue weighted by atomic mass is 32.2. The van der Waals surface area contributed by atoms with Crippen molar-refractivity contribution in [2.45, 2.75) is 51.9 Å². The van der Waals surface area contributed by atoms with Crippen LogP contribution in [0.2, 0.25) is 0 Å². The first-order chi connectivity index (χ1) is 17.3. The van der Waals surface area contributed by atoms with Gasteiger partial charge in [-0.05, 0) is 51.8 Å². The van der Waals surface area contributed by atoms with Crippen molar-refractivity contribution >= 4 is 15.7 Å². The molecule has 0 saturated heterocycles. The Hall–Kier alpha value is -2.80. The standard InChI is InChI=1S/C24H35N5O6S/c1-5-9-20-23-26-22(27-24(31)29(23)17(4)25-20)19-16-18(10-11-21(19)35-7-3)36(32,33)28(13-14-30)12-8-15-34-6-2/h10-11,16,30H,5-9,12-15H2,1-4H3,(H,26,27,31). The van der Waals surface area contributed by atoms with Crippen LogP contribution in [-0.4, -0.2) is 76.7 Å². The second-order valence-corrected chi connectivity index (χ2v) is 10.1. The third kappa shape index (κ3) is 5.94. The van der Waals surface area contributed by atoms with Gasteiger partial charge in [-0.15, -0.1) is 0 Å². The number of hydrogen-bond donors (Lipinski definition) is 2. The Morgan fingerprint density at radius 2 is 1.92 bits per heavy atom. The van der Waals surface area contributed by atoms with Gasteiger partial charge in [0.1, 0.15) is 17.4 Å². The van der Waals surface area contributed by atoms with Gasteiger partial charge in [0.15, 0.2) is 5.65 Å². The Morgan fingerprint density at radius 1 is 1.14 bits per heavy atom. The summed E-state index contributed by atoms with van der Waals surface area (Å²) in [5.74, 6) is 1.11. The fourth-order valence-electron chi connectivity index (χ4n) is 3.99. The van der Waals surface area contributed by atoms with Crippen molar-refractivity contribution in [2.75, 3.05) is 39.5 Å². The summed E-state index contributed by atoms with van der Waals surface area (Å²) < 4.78 is 40.7. The largest absolute Gasteiger partial charge is 0.493 e. The number of aromatic amines is 1. The van der Waals surface area contributed by atoms with Gasteiger partial charge in [-0.1, -0.05) is 13.3 Å². The summed E-state index contributed by atoms with van der Waals surface area (Å²) in [4.78, 5) is 24.9. The lowest BCUT2D eigenvalue weighted by Gasteiger charge is -2.22. The SMILES string of the molecule is CCCc1nc(C)n2c(=O)[nH]c(-c3cc(S(=O)(=O)N(CCO)CCCOCC)ccc3OCC)nc12. The number of fused-ring (bicyclic) bond motifs is 1. The van der Waals surface area contributed by atoms with Gasteiger partial charge in [0.05, 0.1) is 29.4 Å². The first-order valence-electron chi connectivity index (χ1n) is 12.2. The molecular formula is C24H35N5O6S.